The van der Waals surface area contributed by atoms with Crippen molar-refractivity contribution in [3.05, 3.63) is 5.69 Å². The van der Waals surface area contributed by atoms with Crippen LogP contribution in [0.4, 0.5) is 5.00 Å². The second-order valence-corrected chi connectivity index (χ2v) is 5.32. The third kappa shape index (κ3) is 5.31. The third-order valence-electron chi connectivity index (χ3n) is 2.92. The minimum absolute atomic E-state index is 0.929. The van der Waals surface area contributed by atoms with Gasteiger partial charge in [0.25, 0.3) is 0 Å². The smallest absolute Gasteiger partial charge is 0.134 e. The summed E-state index contributed by atoms with van der Waals surface area (Å²) in [5.41, 5.74) is 1.11. The van der Waals surface area contributed by atoms with Gasteiger partial charge >= 0.3 is 0 Å². The summed E-state index contributed by atoms with van der Waals surface area (Å²) in [4.78, 5) is 2.50. The summed E-state index contributed by atoms with van der Waals surface area (Å²) in [6.45, 7) is 10.8. The van der Waals surface area contributed by atoms with Gasteiger partial charge in [-0.25, -0.2) is 0 Å². The molecule has 0 aliphatic carbocycles. The van der Waals surface area contributed by atoms with Crippen LogP contribution in [0, 0.1) is 0 Å². The van der Waals surface area contributed by atoms with Crippen molar-refractivity contribution in [1.29, 1.82) is 0 Å². The van der Waals surface area contributed by atoms with Crippen molar-refractivity contribution >= 4 is 16.5 Å². The highest BCUT2D eigenvalue weighted by Crippen LogP contribution is 2.19. The molecule has 0 unspecified atom stereocenters. The first-order chi connectivity index (χ1) is 8.81. The molecule has 1 heterocycles. The van der Waals surface area contributed by atoms with Gasteiger partial charge in [-0.15, -0.1) is 5.10 Å². The number of aromatic nitrogens is 2. The van der Waals surface area contributed by atoms with Crippen LogP contribution in [-0.2, 0) is 6.54 Å². The zero-order valence-electron chi connectivity index (χ0n) is 11.9. The Labute approximate surface area is 115 Å². The topological polar surface area (TPSA) is 41.1 Å². The molecule has 0 aromatic carbocycles. The Morgan fingerprint density at radius 3 is 2.33 bits per heavy atom. The number of unbranched alkanes of at least 4 members (excludes halogenated alkanes) is 2. The minimum atomic E-state index is 0.929. The summed E-state index contributed by atoms with van der Waals surface area (Å²) in [5, 5.41) is 8.73. The molecule has 0 aliphatic heterocycles. The van der Waals surface area contributed by atoms with Crippen LogP contribution in [0.3, 0.4) is 0 Å². The molecule has 1 aromatic rings. The molecule has 4 nitrogen and oxygen atoms in total. The fourth-order valence-electron chi connectivity index (χ4n) is 1.85. The van der Waals surface area contributed by atoms with E-state index >= 15 is 0 Å². The van der Waals surface area contributed by atoms with Gasteiger partial charge < -0.3 is 5.32 Å². The number of anilines is 1. The molecule has 0 saturated carbocycles. The average molecular weight is 270 g/mol. The lowest BCUT2D eigenvalue weighted by atomic mass is 10.2. The summed E-state index contributed by atoms with van der Waals surface area (Å²) < 4.78 is 4.06. The van der Waals surface area contributed by atoms with E-state index in [4.69, 9.17) is 0 Å². The van der Waals surface area contributed by atoms with Crippen LogP contribution < -0.4 is 5.32 Å². The Bertz CT molecular complexity index is 306. The van der Waals surface area contributed by atoms with Crippen molar-refractivity contribution in [2.75, 3.05) is 25.0 Å². The van der Waals surface area contributed by atoms with E-state index in [9.17, 15) is 0 Å². The van der Waals surface area contributed by atoms with Crippen LogP contribution in [0.1, 0.15) is 52.1 Å². The van der Waals surface area contributed by atoms with Crippen LogP contribution in [0.25, 0.3) is 0 Å². The predicted octanol–water partition coefficient (Wildman–Crippen LogP) is 3.37. The molecule has 0 aliphatic rings. The zero-order chi connectivity index (χ0) is 13.2. The summed E-state index contributed by atoms with van der Waals surface area (Å²) in [6, 6.07) is 0. The Hall–Kier alpha value is -0.680. The van der Waals surface area contributed by atoms with Gasteiger partial charge in [0.1, 0.15) is 10.7 Å². The standard InChI is InChI=1S/C13H26N4S/c1-4-7-9-17(10-8-5-2)11-12-13(14-6-3)18-16-15-12/h14H,4-11H2,1-3H3. The number of hydrogen-bond acceptors (Lipinski definition) is 5. The molecule has 0 fully saturated rings. The highest BCUT2D eigenvalue weighted by atomic mass is 32.1. The average Bonchev–Trinajstić information content (AvgIpc) is 2.80. The fourth-order valence-corrected chi connectivity index (χ4v) is 2.49. The number of nitrogens with zero attached hydrogens (tertiary/aromatic N) is 3. The summed E-state index contributed by atoms with van der Waals surface area (Å²) >= 11 is 1.46. The first-order valence-electron chi connectivity index (χ1n) is 7.09. The lowest BCUT2D eigenvalue weighted by Gasteiger charge is -2.21. The van der Waals surface area contributed by atoms with E-state index in [0.717, 1.165) is 23.8 Å². The largest absolute Gasteiger partial charge is 0.374 e. The zero-order valence-corrected chi connectivity index (χ0v) is 12.7. The van der Waals surface area contributed by atoms with E-state index in [1.54, 1.807) is 0 Å². The first kappa shape index (κ1) is 15.4. The molecule has 1 N–H and O–H groups in total. The second kappa shape index (κ2) is 9.28. The van der Waals surface area contributed by atoms with Crippen molar-refractivity contribution in [3.8, 4) is 0 Å². The Morgan fingerprint density at radius 2 is 1.78 bits per heavy atom. The van der Waals surface area contributed by atoms with E-state index in [1.165, 1.54) is 50.3 Å². The van der Waals surface area contributed by atoms with Crippen molar-refractivity contribution < 1.29 is 0 Å². The summed E-state index contributed by atoms with van der Waals surface area (Å²) in [5.74, 6) is 0. The molecule has 0 spiro atoms. The van der Waals surface area contributed by atoms with E-state index in [1.807, 2.05) is 0 Å². The van der Waals surface area contributed by atoms with Gasteiger partial charge in [0.2, 0.25) is 0 Å². The first-order valence-corrected chi connectivity index (χ1v) is 7.86. The fraction of sp³-hybridized carbons (Fsp3) is 0.846. The molecular formula is C13H26N4S. The predicted molar refractivity (Wildman–Crippen MR) is 79.2 cm³/mol. The maximum absolute atomic E-state index is 4.26. The molecule has 0 saturated heterocycles. The van der Waals surface area contributed by atoms with Crippen molar-refractivity contribution in [3.63, 3.8) is 0 Å². The van der Waals surface area contributed by atoms with Crippen LogP contribution in [0.2, 0.25) is 0 Å². The van der Waals surface area contributed by atoms with Crippen molar-refractivity contribution in [1.82, 2.24) is 14.5 Å². The lowest BCUT2D eigenvalue weighted by Crippen LogP contribution is -2.26. The molecule has 0 atom stereocenters. The Morgan fingerprint density at radius 1 is 1.11 bits per heavy atom. The molecule has 1 aromatic heterocycles. The molecular weight excluding hydrogens is 244 g/mol. The monoisotopic (exact) mass is 270 g/mol. The Kier molecular flexibility index (Phi) is 7.93. The van der Waals surface area contributed by atoms with E-state index in [2.05, 4.69) is 40.6 Å². The molecule has 104 valence electrons. The summed E-state index contributed by atoms with van der Waals surface area (Å²) in [7, 11) is 0. The maximum Gasteiger partial charge on any atom is 0.134 e. The highest BCUT2D eigenvalue weighted by Gasteiger charge is 2.12. The molecule has 1 rings (SSSR count). The lowest BCUT2D eigenvalue weighted by molar-refractivity contribution is 0.254. The van der Waals surface area contributed by atoms with Crippen LogP contribution >= 0.6 is 11.5 Å². The Balaban J connectivity index is 2.53. The molecule has 0 amide bonds. The quantitative estimate of drug-likeness (QED) is 0.707. The number of hydrogen-bond donors (Lipinski definition) is 1. The van der Waals surface area contributed by atoms with Gasteiger partial charge in [0.05, 0.1) is 0 Å². The second-order valence-electron chi connectivity index (χ2n) is 4.56. The molecule has 0 radical (unpaired) electrons. The van der Waals surface area contributed by atoms with Crippen LogP contribution in [-0.4, -0.2) is 34.1 Å². The maximum atomic E-state index is 4.26. The molecule has 0 bridgehead atoms. The van der Waals surface area contributed by atoms with E-state index in [0.29, 0.717) is 0 Å². The van der Waals surface area contributed by atoms with Gasteiger partial charge in [-0.1, -0.05) is 31.2 Å². The van der Waals surface area contributed by atoms with Crippen LogP contribution in [0.5, 0.6) is 0 Å². The van der Waals surface area contributed by atoms with Crippen molar-refractivity contribution in [2.24, 2.45) is 0 Å². The van der Waals surface area contributed by atoms with Gasteiger partial charge in [-0.2, -0.15) is 0 Å². The van der Waals surface area contributed by atoms with Crippen LogP contribution in [0.15, 0.2) is 0 Å². The molecule has 5 heteroatoms. The van der Waals surface area contributed by atoms with Crippen molar-refractivity contribution in [2.45, 2.75) is 53.0 Å². The minimum Gasteiger partial charge on any atom is -0.374 e. The third-order valence-corrected chi connectivity index (χ3v) is 3.65. The van der Waals surface area contributed by atoms with E-state index in [-0.39, 0.29) is 0 Å². The number of rotatable bonds is 10. The molecule has 18 heavy (non-hydrogen) atoms. The SMILES string of the molecule is CCCCN(CCCC)Cc1nnsc1NCC. The van der Waals surface area contributed by atoms with Gasteiger partial charge in [0, 0.05) is 24.6 Å². The number of nitrogens with one attached hydrogen (secondary N) is 1. The van der Waals surface area contributed by atoms with Gasteiger partial charge in [0.15, 0.2) is 0 Å². The normalized spacial score (nSPS) is 11.1. The summed E-state index contributed by atoms with van der Waals surface area (Å²) in [6.07, 6.45) is 5.02. The highest BCUT2D eigenvalue weighted by molar-refractivity contribution is 7.10. The van der Waals surface area contributed by atoms with E-state index < -0.39 is 0 Å². The van der Waals surface area contributed by atoms with Gasteiger partial charge in [-0.3, -0.25) is 4.90 Å². The van der Waals surface area contributed by atoms with Gasteiger partial charge in [-0.05, 0) is 32.9 Å².